The summed E-state index contributed by atoms with van der Waals surface area (Å²) in [5, 5.41) is 3.16. The zero-order valence-corrected chi connectivity index (χ0v) is 10.9. The van der Waals surface area contributed by atoms with E-state index in [1.165, 1.54) is 0 Å². The third kappa shape index (κ3) is 4.16. The van der Waals surface area contributed by atoms with E-state index >= 15 is 0 Å². The molecule has 0 aliphatic heterocycles. The molecule has 6 heteroatoms. The van der Waals surface area contributed by atoms with Gasteiger partial charge in [0.25, 0.3) is 0 Å². The Kier molecular flexibility index (Phi) is 4.39. The summed E-state index contributed by atoms with van der Waals surface area (Å²) in [4.78, 5) is 8.30. The smallest absolute Gasteiger partial charge is 0.308 e. The second-order valence-electron chi connectivity index (χ2n) is 5.13. The summed E-state index contributed by atoms with van der Waals surface area (Å²) in [6.07, 6.45) is 1.11. The van der Waals surface area contributed by atoms with Gasteiger partial charge in [-0.3, -0.25) is 9.97 Å². The Bertz CT molecular complexity index is 403. The number of rotatable bonds is 3. The lowest BCUT2D eigenvalue weighted by Crippen LogP contribution is -2.38. The summed E-state index contributed by atoms with van der Waals surface area (Å²) in [6.45, 7) is 2.32. The number of halogens is 3. The molecular formula is C13H18F3N3. The van der Waals surface area contributed by atoms with Gasteiger partial charge in [-0.15, -0.1) is 0 Å². The molecule has 1 aromatic heterocycles. The normalized spacial score (nSPS) is 24.4. The first-order chi connectivity index (χ1) is 8.95. The van der Waals surface area contributed by atoms with Crippen molar-refractivity contribution >= 4 is 0 Å². The molecule has 0 spiro atoms. The van der Waals surface area contributed by atoms with E-state index in [0.29, 0.717) is 13.0 Å². The van der Waals surface area contributed by atoms with Gasteiger partial charge in [0.05, 0.1) is 17.3 Å². The minimum Gasteiger partial charge on any atom is -0.308 e. The Labute approximate surface area is 110 Å². The number of aryl methyl sites for hydroxylation is 1. The summed E-state index contributed by atoms with van der Waals surface area (Å²) in [5.41, 5.74) is 1.60. The maximum atomic E-state index is 12.7. The Morgan fingerprint density at radius 1 is 1.26 bits per heavy atom. The van der Waals surface area contributed by atoms with E-state index in [1.807, 2.05) is 6.92 Å². The molecule has 3 nitrogen and oxygen atoms in total. The zero-order chi connectivity index (χ0) is 13.9. The van der Waals surface area contributed by atoms with Crippen molar-refractivity contribution in [3.8, 4) is 0 Å². The van der Waals surface area contributed by atoms with Crippen LogP contribution in [0.5, 0.6) is 0 Å². The van der Waals surface area contributed by atoms with Gasteiger partial charge < -0.3 is 5.32 Å². The molecule has 2 unspecified atom stereocenters. The fourth-order valence-corrected chi connectivity index (χ4v) is 2.43. The molecule has 106 valence electrons. The summed E-state index contributed by atoms with van der Waals surface area (Å²) in [5.74, 6) is -1.16. The van der Waals surface area contributed by atoms with Crippen LogP contribution in [-0.2, 0) is 6.54 Å². The molecule has 1 saturated carbocycles. The number of alkyl halides is 3. The minimum absolute atomic E-state index is 0.0801. The quantitative estimate of drug-likeness (QED) is 0.920. The monoisotopic (exact) mass is 273 g/mol. The van der Waals surface area contributed by atoms with Crippen molar-refractivity contribution < 1.29 is 13.2 Å². The number of aromatic nitrogens is 2. The van der Waals surface area contributed by atoms with Gasteiger partial charge in [0.1, 0.15) is 0 Å². The number of hydrogen-bond acceptors (Lipinski definition) is 3. The molecule has 1 aromatic rings. The lowest BCUT2D eigenvalue weighted by molar-refractivity contribution is -0.183. The second kappa shape index (κ2) is 5.86. The molecule has 0 bridgehead atoms. The maximum Gasteiger partial charge on any atom is 0.391 e. The molecule has 1 fully saturated rings. The highest BCUT2D eigenvalue weighted by Crippen LogP contribution is 2.37. The van der Waals surface area contributed by atoms with Crippen molar-refractivity contribution in [3.63, 3.8) is 0 Å². The van der Waals surface area contributed by atoms with Crippen LogP contribution in [0.4, 0.5) is 13.2 Å². The largest absolute Gasteiger partial charge is 0.391 e. The summed E-state index contributed by atoms with van der Waals surface area (Å²) >= 11 is 0. The summed E-state index contributed by atoms with van der Waals surface area (Å²) < 4.78 is 38.0. The van der Waals surface area contributed by atoms with E-state index in [2.05, 4.69) is 15.3 Å². The predicted molar refractivity (Wildman–Crippen MR) is 65.4 cm³/mol. The van der Waals surface area contributed by atoms with E-state index in [0.717, 1.165) is 17.8 Å². The highest BCUT2D eigenvalue weighted by atomic mass is 19.4. The molecule has 1 aliphatic rings. The molecular weight excluding hydrogens is 255 g/mol. The van der Waals surface area contributed by atoms with Crippen LogP contribution in [0.1, 0.15) is 37.1 Å². The standard InChI is InChI=1S/C13H18F3N3/c1-9-6-18-12(7-17-9)8-19-11-4-2-3-10(5-11)13(14,15)16/h6-7,10-11,19H,2-5,8H2,1H3. The van der Waals surface area contributed by atoms with Crippen molar-refractivity contribution in [1.29, 1.82) is 0 Å². The Morgan fingerprint density at radius 2 is 2.05 bits per heavy atom. The Morgan fingerprint density at radius 3 is 2.68 bits per heavy atom. The van der Waals surface area contributed by atoms with Gasteiger partial charge in [0.15, 0.2) is 0 Å². The lowest BCUT2D eigenvalue weighted by atomic mass is 9.85. The van der Waals surface area contributed by atoms with Crippen molar-refractivity contribution in [2.75, 3.05) is 0 Å². The van der Waals surface area contributed by atoms with Crippen LogP contribution in [0.3, 0.4) is 0 Å². The van der Waals surface area contributed by atoms with Crippen molar-refractivity contribution in [3.05, 3.63) is 23.8 Å². The second-order valence-corrected chi connectivity index (χ2v) is 5.13. The summed E-state index contributed by atoms with van der Waals surface area (Å²) in [6, 6.07) is -0.0801. The van der Waals surface area contributed by atoms with Gasteiger partial charge >= 0.3 is 6.18 Å². The first-order valence-corrected chi connectivity index (χ1v) is 6.53. The van der Waals surface area contributed by atoms with E-state index in [9.17, 15) is 13.2 Å². The molecule has 19 heavy (non-hydrogen) atoms. The Balaban J connectivity index is 1.84. The molecule has 0 saturated heterocycles. The molecule has 1 N–H and O–H groups in total. The molecule has 0 radical (unpaired) electrons. The molecule has 1 heterocycles. The maximum absolute atomic E-state index is 12.7. The van der Waals surface area contributed by atoms with Crippen LogP contribution in [0.15, 0.2) is 12.4 Å². The lowest BCUT2D eigenvalue weighted by Gasteiger charge is -2.31. The number of hydrogen-bond donors (Lipinski definition) is 1. The van der Waals surface area contributed by atoms with Crippen LogP contribution in [0, 0.1) is 12.8 Å². The molecule has 0 aromatic carbocycles. The van der Waals surface area contributed by atoms with E-state index < -0.39 is 12.1 Å². The number of nitrogens with one attached hydrogen (secondary N) is 1. The van der Waals surface area contributed by atoms with Crippen molar-refractivity contribution in [1.82, 2.24) is 15.3 Å². The third-order valence-electron chi connectivity index (χ3n) is 3.54. The van der Waals surface area contributed by atoms with E-state index in [4.69, 9.17) is 0 Å². The first-order valence-electron chi connectivity index (χ1n) is 6.53. The Hall–Kier alpha value is -1.17. The van der Waals surface area contributed by atoms with Crippen molar-refractivity contribution in [2.45, 2.75) is 51.4 Å². The first kappa shape index (κ1) is 14.2. The third-order valence-corrected chi connectivity index (χ3v) is 3.54. The SMILES string of the molecule is Cc1cnc(CNC2CCCC(C(F)(F)F)C2)cn1. The van der Waals surface area contributed by atoms with Crippen LogP contribution in [0.2, 0.25) is 0 Å². The fraction of sp³-hybridized carbons (Fsp3) is 0.692. The van der Waals surface area contributed by atoms with E-state index in [-0.39, 0.29) is 18.9 Å². The zero-order valence-electron chi connectivity index (χ0n) is 10.9. The highest BCUT2D eigenvalue weighted by Gasteiger charge is 2.41. The fourth-order valence-electron chi connectivity index (χ4n) is 2.43. The number of nitrogens with zero attached hydrogens (tertiary/aromatic N) is 2. The topological polar surface area (TPSA) is 37.8 Å². The predicted octanol–water partition coefficient (Wildman–Crippen LogP) is 3.00. The van der Waals surface area contributed by atoms with Crippen molar-refractivity contribution in [2.24, 2.45) is 5.92 Å². The van der Waals surface area contributed by atoms with Gasteiger partial charge in [0.2, 0.25) is 0 Å². The average Bonchev–Trinajstić information content (AvgIpc) is 2.37. The highest BCUT2D eigenvalue weighted by molar-refractivity contribution is 5.00. The van der Waals surface area contributed by atoms with E-state index in [1.54, 1.807) is 12.4 Å². The van der Waals surface area contributed by atoms with Crippen LogP contribution >= 0.6 is 0 Å². The van der Waals surface area contributed by atoms with Crippen LogP contribution in [0.25, 0.3) is 0 Å². The van der Waals surface area contributed by atoms with Crippen LogP contribution < -0.4 is 5.32 Å². The van der Waals surface area contributed by atoms with Gasteiger partial charge in [-0.1, -0.05) is 6.42 Å². The molecule has 2 atom stereocenters. The van der Waals surface area contributed by atoms with Gasteiger partial charge in [-0.05, 0) is 26.2 Å². The van der Waals surface area contributed by atoms with Gasteiger partial charge in [0, 0.05) is 25.0 Å². The van der Waals surface area contributed by atoms with Gasteiger partial charge in [-0.2, -0.15) is 13.2 Å². The molecule has 1 aliphatic carbocycles. The molecule has 2 rings (SSSR count). The molecule has 0 amide bonds. The van der Waals surface area contributed by atoms with Gasteiger partial charge in [-0.25, -0.2) is 0 Å². The minimum atomic E-state index is -4.07. The summed E-state index contributed by atoms with van der Waals surface area (Å²) in [7, 11) is 0. The van der Waals surface area contributed by atoms with Crippen LogP contribution in [-0.4, -0.2) is 22.2 Å². The average molecular weight is 273 g/mol.